The van der Waals surface area contributed by atoms with E-state index in [4.69, 9.17) is 0 Å². The number of aromatic nitrogens is 2. The minimum absolute atomic E-state index is 0.0540. The van der Waals surface area contributed by atoms with Crippen LogP contribution in [0.5, 0.6) is 0 Å². The van der Waals surface area contributed by atoms with Gasteiger partial charge in [0.1, 0.15) is 0 Å². The molecule has 2 N–H and O–H groups in total. The van der Waals surface area contributed by atoms with Crippen LogP contribution in [0.15, 0.2) is 4.79 Å². The summed E-state index contributed by atoms with van der Waals surface area (Å²) in [7, 11) is 0. The largest absolute Gasteiger partial charge is 0.396 e. The van der Waals surface area contributed by atoms with Crippen LogP contribution < -0.4 is 5.56 Å². The highest BCUT2D eigenvalue weighted by Crippen LogP contribution is 2.17. The van der Waals surface area contributed by atoms with Crippen LogP contribution in [0.2, 0.25) is 0 Å². The van der Waals surface area contributed by atoms with E-state index in [0.29, 0.717) is 24.5 Å². The Hall–Kier alpha value is -1.69. The summed E-state index contributed by atoms with van der Waals surface area (Å²) >= 11 is 0. The van der Waals surface area contributed by atoms with Gasteiger partial charge in [0, 0.05) is 25.4 Å². The van der Waals surface area contributed by atoms with Crippen molar-refractivity contribution in [1.82, 2.24) is 14.9 Å². The van der Waals surface area contributed by atoms with Crippen molar-refractivity contribution in [3.63, 3.8) is 0 Å². The minimum Gasteiger partial charge on any atom is -0.396 e. The Kier molecular flexibility index (Phi) is 3.99. The van der Waals surface area contributed by atoms with Crippen molar-refractivity contribution in [1.29, 1.82) is 0 Å². The van der Waals surface area contributed by atoms with Crippen molar-refractivity contribution in [3.05, 3.63) is 27.4 Å². The van der Waals surface area contributed by atoms with E-state index < -0.39 is 5.56 Å². The van der Waals surface area contributed by atoms with Gasteiger partial charge >= 0.3 is 0 Å². The number of hydrogen-bond acceptors (Lipinski definition) is 4. The molecule has 0 radical (unpaired) electrons. The minimum atomic E-state index is -0.445. The quantitative estimate of drug-likeness (QED) is 0.801. The second-order valence-corrected chi connectivity index (χ2v) is 5.07. The maximum absolute atomic E-state index is 12.3. The average molecular weight is 265 g/mol. The molecular weight excluding hydrogens is 246 g/mol. The molecule has 2 heterocycles. The predicted molar refractivity (Wildman–Crippen MR) is 70.0 cm³/mol. The summed E-state index contributed by atoms with van der Waals surface area (Å²) in [6.07, 6.45) is 1.76. The molecule has 1 amide bonds. The smallest absolute Gasteiger partial charge is 0.279 e. The molecule has 2 rings (SSSR count). The Balaban J connectivity index is 2.24. The number of aliphatic hydroxyl groups is 1. The monoisotopic (exact) mass is 265 g/mol. The first-order chi connectivity index (χ1) is 9.02. The Bertz CT molecular complexity index is 538. The van der Waals surface area contributed by atoms with Gasteiger partial charge in [0.05, 0.1) is 5.69 Å². The van der Waals surface area contributed by atoms with Crippen LogP contribution in [0.1, 0.15) is 34.7 Å². The predicted octanol–water partition coefficient (Wildman–Crippen LogP) is 0.231. The number of nitrogens with zero attached hydrogens (tertiary/aromatic N) is 2. The molecule has 0 spiro atoms. The van der Waals surface area contributed by atoms with Crippen LogP contribution in [0.25, 0.3) is 0 Å². The molecule has 1 saturated heterocycles. The number of amides is 1. The highest BCUT2D eigenvalue weighted by molar-refractivity contribution is 5.92. The van der Waals surface area contributed by atoms with Gasteiger partial charge in [-0.25, -0.2) is 4.98 Å². The van der Waals surface area contributed by atoms with Crippen molar-refractivity contribution in [2.45, 2.75) is 26.7 Å². The standard InChI is InChI=1S/C13H19N3O3/c1-8-9(2)15-12(18)11(14-8)13(19)16-5-3-4-10(6-16)7-17/h10,17H,3-7H2,1-2H3,(H,15,18). The fourth-order valence-corrected chi connectivity index (χ4v) is 2.32. The third-order valence-electron chi connectivity index (χ3n) is 3.61. The Morgan fingerprint density at radius 3 is 2.95 bits per heavy atom. The van der Waals surface area contributed by atoms with Crippen LogP contribution in [0, 0.1) is 19.8 Å². The fraction of sp³-hybridized carbons (Fsp3) is 0.615. The van der Waals surface area contributed by atoms with Gasteiger partial charge in [0.25, 0.3) is 11.5 Å². The maximum atomic E-state index is 12.3. The second-order valence-electron chi connectivity index (χ2n) is 5.07. The third-order valence-corrected chi connectivity index (χ3v) is 3.61. The number of piperidine rings is 1. The molecule has 1 fully saturated rings. The van der Waals surface area contributed by atoms with Crippen LogP contribution in [-0.2, 0) is 0 Å². The van der Waals surface area contributed by atoms with Crippen molar-refractivity contribution in [2.24, 2.45) is 5.92 Å². The summed E-state index contributed by atoms with van der Waals surface area (Å²) in [6, 6.07) is 0. The fourth-order valence-electron chi connectivity index (χ4n) is 2.32. The molecule has 1 aliphatic heterocycles. The lowest BCUT2D eigenvalue weighted by Crippen LogP contribution is -2.43. The number of aliphatic hydroxyl groups excluding tert-OH is 1. The second kappa shape index (κ2) is 5.52. The van der Waals surface area contributed by atoms with Crippen molar-refractivity contribution < 1.29 is 9.90 Å². The number of H-pyrrole nitrogens is 1. The van der Waals surface area contributed by atoms with E-state index in [-0.39, 0.29) is 24.1 Å². The molecule has 0 aliphatic carbocycles. The van der Waals surface area contributed by atoms with Gasteiger partial charge in [-0.1, -0.05) is 0 Å². The van der Waals surface area contributed by atoms with E-state index in [1.54, 1.807) is 18.7 Å². The number of carbonyl (C=O) groups excluding carboxylic acids is 1. The molecule has 1 aliphatic rings. The molecule has 6 nitrogen and oxygen atoms in total. The first kappa shape index (κ1) is 13.7. The van der Waals surface area contributed by atoms with Gasteiger partial charge < -0.3 is 15.0 Å². The highest BCUT2D eigenvalue weighted by Gasteiger charge is 2.26. The SMILES string of the molecule is Cc1nc(C(=O)N2CCCC(CO)C2)c(=O)[nH]c1C. The molecule has 0 saturated carbocycles. The number of aromatic amines is 1. The van der Waals surface area contributed by atoms with Crippen LogP contribution in [0.3, 0.4) is 0 Å². The molecule has 1 aromatic rings. The number of likely N-dealkylation sites (tertiary alicyclic amines) is 1. The summed E-state index contributed by atoms with van der Waals surface area (Å²) in [5, 5.41) is 9.17. The average Bonchev–Trinajstić information content (AvgIpc) is 2.42. The van der Waals surface area contributed by atoms with Crippen LogP contribution in [0.4, 0.5) is 0 Å². The first-order valence-electron chi connectivity index (χ1n) is 6.50. The number of rotatable bonds is 2. The Labute approximate surface area is 111 Å². The zero-order valence-corrected chi connectivity index (χ0v) is 11.3. The van der Waals surface area contributed by atoms with E-state index in [0.717, 1.165) is 12.8 Å². The van der Waals surface area contributed by atoms with E-state index >= 15 is 0 Å². The van der Waals surface area contributed by atoms with Gasteiger partial charge in [-0.3, -0.25) is 9.59 Å². The number of aryl methyl sites for hydroxylation is 2. The van der Waals surface area contributed by atoms with Gasteiger partial charge in [-0.15, -0.1) is 0 Å². The molecule has 1 atom stereocenters. The van der Waals surface area contributed by atoms with Gasteiger partial charge in [-0.2, -0.15) is 0 Å². The van der Waals surface area contributed by atoms with E-state index in [1.807, 2.05) is 0 Å². The topological polar surface area (TPSA) is 86.3 Å². The summed E-state index contributed by atoms with van der Waals surface area (Å²) in [4.78, 5) is 32.5. The lowest BCUT2D eigenvalue weighted by atomic mass is 9.99. The lowest BCUT2D eigenvalue weighted by molar-refractivity contribution is 0.0612. The van der Waals surface area contributed by atoms with Gasteiger partial charge in [-0.05, 0) is 32.6 Å². The highest BCUT2D eigenvalue weighted by atomic mass is 16.3. The molecule has 19 heavy (non-hydrogen) atoms. The molecule has 6 heteroatoms. The zero-order chi connectivity index (χ0) is 14.0. The molecule has 0 aromatic carbocycles. The maximum Gasteiger partial charge on any atom is 0.279 e. The number of carbonyl (C=O) groups is 1. The van der Waals surface area contributed by atoms with Crippen molar-refractivity contribution in [2.75, 3.05) is 19.7 Å². The van der Waals surface area contributed by atoms with E-state index in [1.165, 1.54) is 0 Å². The molecule has 0 bridgehead atoms. The first-order valence-corrected chi connectivity index (χ1v) is 6.50. The summed E-state index contributed by atoms with van der Waals surface area (Å²) in [5.41, 5.74) is 0.827. The molecule has 1 aromatic heterocycles. The van der Waals surface area contributed by atoms with Crippen LogP contribution in [-0.4, -0.2) is 45.6 Å². The van der Waals surface area contributed by atoms with Crippen molar-refractivity contribution in [3.8, 4) is 0 Å². The van der Waals surface area contributed by atoms with Crippen LogP contribution >= 0.6 is 0 Å². The normalized spacial score (nSPS) is 19.5. The third kappa shape index (κ3) is 2.84. The Morgan fingerprint density at radius 2 is 2.26 bits per heavy atom. The number of nitrogens with one attached hydrogen (secondary N) is 1. The van der Waals surface area contributed by atoms with E-state index in [2.05, 4.69) is 9.97 Å². The number of hydrogen-bond donors (Lipinski definition) is 2. The van der Waals surface area contributed by atoms with Gasteiger partial charge in [0.15, 0.2) is 5.69 Å². The summed E-state index contributed by atoms with van der Waals surface area (Å²) in [6.45, 7) is 4.68. The van der Waals surface area contributed by atoms with Crippen molar-refractivity contribution >= 4 is 5.91 Å². The molecular formula is C13H19N3O3. The molecule has 104 valence electrons. The molecule has 1 unspecified atom stereocenters. The summed E-state index contributed by atoms with van der Waals surface area (Å²) < 4.78 is 0. The van der Waals surface area contributed by atoms with E-state index in [9.17, 15) is 14.7 Å². The lowest BCUT2D eigenvalue weighted by Gasteiger charge is -2.31. The zero-order valence-electron chi connectivity index (χ0n) is 11.3. The summed E-state index contributed by atoms with van der Waals surface area (Å²) in [5.74, 6) is -0.245. The van der Waals surface area contributed by atoms with Gasteiger partial charge in [0.2, 0.25) is 0 Å². The Morgan fingerprint density at radius 1 is 1.53 bits per heavy atom.